The maximum Gasteiger partial charge on any atom is 0.142 e. The van der Waals surface area contributed by atoms with Crippen LogP contribution < -0.4 is 10.1 Å². The van der Waals surface area contributed by atoms with Crippen molar-refractivity contribution in [1.29, 1.82) is 0 Å². The van der Waals surface area contributed by atoms with Crippen molar-refractivity contribution in [2.45, 2.75) is 45.5 Å². The molecule has 5 heteroatoms. The third kappa shape index (κ3) is 3.57. The summed E-state index contributed by atoms with van der Waals surface area (Å²) in [7, 11) is 0. The maximum absolute atomic E-state index is 6.30. The topological polar surface area (TPSA) is 39.1 Å². The number of halogens is 1. The average molecular weight is 306 g/mol. The number of para-hydroxylation sites is 1. The smallest absolute Gasteiger partial charge is 0.142 e. The molecule has 1 aliphatic rings. The summed E-state index contributed by atoms with van der Waals surface area (Å²) in [6, 6.07) is 6.57. The summed E-state index contributed by atoms with van der Waals surface area (Å²) in [4.78, 5) is 4.16. The van der Waals surface area contributed by atoms with Crippen LogP contribution in [0.4, 0.5) is 0 Å². The molecule has 4 nitrogen and oxygen atoms in total. The minimum absolute atomic E-state index is 0.480. The third-order valence-corrected chi connectivity index (χ3v) is 4.01. The van der Waals surface area contributed by atoms with Crippen LogP contribution in [0.5, 0.6) is 5.75 Å². The number of aromatic nitrogens is 2. The van der Waals surface area contributed by atoms with E-state index in [4.69, 9.17) is 16.3 Å². The zero-order valence-electron chi connectivity index (χ0n) is 12.2. The van der Waals surface area contributed by atoms with Crippen molar-refractivity contribution in [2.75, 3.05) is 0 Å². The predicted molar refractivity (Wildman–Crippen MR) is 83.5 cm³/mol. The molecule has 1 aliphatic carbocycles. The summed E-state index contributed by atoms with van der Waals surface area (Å²) in [5, 5.41) is 4.16. The highest BCUT2D eigenvalue weighted by Gasteiger charge is 2.21. The Morgan fingerprint density at radius 2 is 2.29 bits per heavy atom. The molecule has 1 aromatic carbocycles. The van der Waals surface area contributed by atoms with E-state index < -0.39 is 0 Å². The number of rotatable bonds is 7. The van der Waals surface area contributed by atoms with E-state index in [9.17, 15) is 0 Å². The van der Waals surface area contributed by atoms with Gasteiger partial charge >= 0.3 is 0 Å². The van der Waals surface area contributed by atoms with E-state index in [0.717, 1.165) is 30.1 Å². The first-order chi connectivity index (χ1) is 10.3. The van der Waals surface area contributed by atoms with Crippen molar-refractivity contribution in [3.8, 4) is 5.75 Å². The van der Waals surface area contributed by atoms with Gasteiger partial charge in [0.15, 0.2) is 0 Å². The molecule has 0 atom stereocenters. The van der Waals surface area contributed by atoms with Crippen LogP contribution in [-0.2, 0) is 19.7 Å². The number of nitrogens with one attached hydrogen (secondary N) is 1. The van der Waals surface area contributed by atoms with Gasteiger partial charge in [0.2, 0.25) is 0 Å². The normalized spacial score (nSPS) is 14.4. The standard InChI is InChI=1S/C16H20ClN3O/c1-2-20-11-18-9-14(20)10-21-16-12(4-3-5-15(16)17)8-19-13-6-7-13/h3-5,9,11,13,19H,2,6-8,10H2,1H3. The van der Waals surface area contributed by atoms with E-state index in [-0.39, 0.29) is 0 Å². The fraction of sp³-hybridized carbons (Fsp3) is 0.438. The molecule has 0 bridgehead atoms. The summed E-state index contributed by atoms with van der Waals surface area (Å²) >= 11 is 6.30. The molecule has 21 heavy (non-hydrogen) atoms. The number of imidazole rings is 1. The third-order valence-electron chi connectivity index (χ3n) is 3.71. The molecule has 0 amide bonds. The van der Waals surface area contributed by atoms with Crippen LogP contribution in [0.25, 0.3) is 0 Å². The number of benzene rings is 1. The van der Waals surface area contributed by atoms with Crippen LogP contribution in [0.3, 0.4) is 0 Å². The number of nitrogens with zero attached hydrogens (tertiary/aromatic N) is 2. The molecule has 0 aliphatic heterocycles. The van der Waals surface area contributed by atoms with E-state index >= 15 is 0 Å². The Hall–Kier alpha value is -1.52. The van der Waals surface area contributed by atoms with Crippen molar-refractivity contribution >= 4 is 11.6 Å². The summed E-state index contributed by atoms with van der Waals surface area (Å²) in [6.07, 6.45) is 6.20. The minimum atomic E-state index is 0.480. The molecule has 0 unspecified atom stereocenters. The summed E-state index contributed by atoms with van der Waals surface area (Å²) in [5.41, 5.74) is 2.16. The highest BCUT2D eigenvalue weighted by Crippen LogP contribution is 2.30. The van der Waals surface area contributed by atoms with Gasteiger partial charge in [0.05, 0.1) is 23.2 Å². The zero-order chi connectivity index (χ0) is 14.7. The lowest BCUT2D eigenvalue weighted by Gasteiger charge is -2.14. The number of ether oxygens (including phenoxy) is 1. The van der Waals surface area contributed by atoms with Gasteiger partial charge in [-0.05, 0) is 25.8 Å². The van der Waals surface area contributed by atoms with E-state index in [1.54, 1.807) is 0 Å². The first-order valence-corrected chi connectivity index (χ1v) is 7.78. The molecular formula is C16H20ClN3O. The second-order valence-electron chi connectivity index (χ2n) is 5.34. The summed E-state index contributed by atoms with van der Waals surface area (Å²) in [5.74, 6) is 0.774. The maximum atomic E-state index is 6.30. The van der Waals surface area contributed by atoms with Gasteiger partial charge in [-0.15, -0.1) is 0 Å². The number of hydrogen-bond acceptors (Lipinski definition) is 3. The van der Waals surface area contributed by atoms with Crippen molar-refractivity contribution < 1.29 is 4.74 Å². The Kier molecular flexibility index (Phi) is 4.46. The average Bonchev–Trinajstić information content (AvgIpc) is 3.21. The Morgan fingerprint density at radius 1 is 1.43 bits per heavy atom. The largest absolute Gasteiger partial charge is 0.485 e. The molecule has 1 fully saturated rings. The fourth-order valence-electron chi connectivity index (χ4n) is 2.30. The van der Waals surface area contributed by atoms with Gasteiger partial charge in [0.25, 0.3) is 0 Å². The monoisotopic (exact) mass is 305 g/mol. The molecule has 1 aromatic heterocycles. The van der Waals surface area contributed by atoms with Crippen LogP contribution in [0.15, 0.2) is 30.7 Å². The zero-order valence-corrected chi connectivity index (χ0v) is 12.9. The molecule has 112 valence electrons. The molecule has 1 heterocycles. The fourth-order valence-corrected chi connectivity index (χ4v) is 2.54. The van der Waals surface area contributed by atoms with Crippen LogP contribution in [-0.4, -0.2) is 15.6 Å². The van der Waals surface area contributed by atoms with Gasteiger partial charge in [0, 0.05) is 24.7 Å². The quantitative estimate of drug-likeness (QED) is 0.852. The molecule has 1 saturated carbocycles. The summed E-state index contributed by atoms with van der Waals surface area (Å²) in [6.45, 7) is 4.25. The molecular weight excluding hydrogens is 286 g/mol. The van der Waals surface area contributed by atoms with E-state index in [0.29, 0.717) is 17.7 Å². The lowest BCUT2D eigenvalue weighted by atomic mass is 10.2. The molecule has 3 rings (SSSR count). The van der Waals surface area contributed by atoms with Gasteiger partial charge in [-0.3, -0.25) is 0 Å². The highest BCUT2D eigenvalue weighted by molar-refractivity contribution is 6.32. The first kappa shape index (κ1) is 14.4. The van der Waals surface area contributed by atoms with Gasteiger partial charge in [-0.1, -0.05) is 23.7 Å². The summed E-state index contributed by atoms with van der Waals surface area (Å²) < 4.78 is 8.04. The first-order valence-electron chi connectivity index (χ1n) is 7.40. The van der Waals surface area contributed by atoms with Crippen LogP contribution in [0.2, 0.25) is 5.02 Å². The second kappa shape index (κ2) is 6.50. The second-order valence-corrected chi connectivity index (χ2v) is 5.75. The van der Waals surface area contributed by atoms with E-state index in [1.807, 2.05) is 24.7 Å². The minimum Gasteiger partial charge on any atom is -0.485 e. The molecule has 0 radical (unpaired) electrons. The highest BCUT2D eigenvalue weighted by atomic mass is 35.5. The van der Waals surface area contributed by atoms with Crippen LogP contribution in [0, 0.1) is 0 Å². The molecule has 0 saturated heterocycles. The number of hydrogen-bond donors (Lipinski definition) is 1. The Morgan fingerprint density at radius 3 is 3.05 bits per heavy atom. The number of aryl methyl sites for hydroxylation is 1. The Bertz CT molecular complexity index is 607. The van der Waals surface area contributed by atoms with Crippen LogP contribution >= 0.6 is 11.6 Å². The van der Waals surface area contributed by atoms with Crippen LogP contribution in [0.1, 0.15) is 31.0 Å². The Labute approximate surface area is 130 Å². The van der Waals surface area contributed by atoms with Gasteiger partial charge in [0.1, 0.15) is 12.4 Å². The SMILES string of the molecule is CCn1cncc1COc1c(Cl)cccc1CNC1CC1. The van der Waals surface area contributed by atoms with Crippen molar-refractivity contribution in [1.82, 2.24) is 14.9 Å². The molecule has 0 spiro atoms. The molecule has 1 N–H and O–H groups in total. The van der Waals surface area contributed by atoms with Gasteiger partial charge in [-0.2, -0.15) is 0 Å². The van der Waals surface area contributed by atoms with Gasteiger partial charge < -0.3 is 14.6 Å². The molecule has 2 aromatic rings. The van der Waals surface area contributed by atoms with Crippen molar-refractivity contribution in [3.63, 3.8) is 0 Å². The van der Waals surface area contributed by atoms with Gasteiger partial charge in [-0.25, -0.2) is 4.98 Å². The lowest BCUT2D eigenvalue weighted by molar-refractivity contribution is 0.291. The van der Waals surface area contributed by atoms with Crippen molar-refractivity contribution in [2.24, 2.45) is 0 Å². The van der Waals surface area contributed by atoms with Crippen molar-refractivity contribution in [3.05, 3.63) is 47.0 Å². The van der Waals surface area contributed by atoms with E-state index in [2.05, 4.69) is 27.9 Å². The van der Waals surface area contributed by atoms with E-state index in [1.165, 1.54) is 12.8 Å². The lowest BCUT2D eigenvalue weighted by Crippen LogP contribution is -2.16. The predicted octanol–water partition coefficient (Wildman–Crippen LogP) is 3.39. The Balaban J connectivity index is 1.70.